The molecule has 2 atom stereocenters. The van der Waals surface area contributed by atoms with Gasteiger partial charge in [-0.15, -0.1) is 0 Å². The molecule has 46 heavy (non-hydrogen) atoms. The molecule has 0 spiro atoms. The Labute approximate surface area is 265 Å². The van der Waals surface area contributed by atoms with Crippen LogP contribution in [0.25, 0.3) is 71.6 Å². The topological polar surface area (TPSA) is 19.1 Å². The van der Waals surface area contributed by atoms with E-state index >= 15 is 0 Å². The van der Waals surface area contributed by atoms with E-state index in [-0.39, 0.29) is 18.9 Å². The number of hydrogen-bond donors (Lipinski definition) is 0. The molecule has 0 bridgehead atoms. The average Bonchev–Trinajstić information content (AvgIpc) is 3.77. The van der Waals surface area contributed by atoms with Crippen LogP contribution in [0.2, 0.25) is 0 Å². The van der Waals surface area contributed by atoms with Gasteiger partial charge in [0.1, 0.15) is 11.9 Å². The Morgan fingerprint density at radius 1 is 0.587 bits per heavy atom. The van der Waals surface area contributed by atoms with Gasteiger partial charge in [-0.2, -0.15) is 0 Å². The SMILES string of the molecule is C1=CC2Oc3c(cc4c5c3-n3c6ccc(-c7ccccc7)cc6c6cccc(c63)B5n3c5ccccc5c5cccc-4c53)C2C=C1. The number of fused-ring (bicyclic) bond motifs is 14. The third kappa shape index (κ3) is 2.66. The minimum atomic E-state index is 0.00765. The van der Waals surface area contributed by atoms with Crippen LogP contribution in [-0.2, 0) is 0 Å². The monoisotopic (exact) mass is 584 g/mol. The second-order valence-electron chi connectivity index (χ2n) is 13.2. The van der Waals surface area contributed by atoms with Crippen molar-refractivity contribution in [3.05, 3.63) is 145 Å². The van der Waals surface area contributed by atoms with E-state index in [1.165, 1.54) is 88.0 Å². The lowest BCUT2D eigenvalue weighted by Gasteiger charge is -2.35. The maximum atomic E-state index is 7.00. The Kier molecular flexibility index (Phi) is 4.16. The molecule has 0 radical (unpaired) electrons. The lowest BCUT2D eigenvalue weighted by Crippen LogP contribution is -2.55. The first kappa shape index (κ1) is 23.6. The number of benzene rings is 6. The predicted molar refractivity (Wildman–Crippen MR) is 191 cm³/mol. The summed E-state index contributed by atoms with van der Waals surface area (Å²) in [6.07, 6.45) is 8.85. The van der Waals surface area contributed by atoms with Crippen molar-refractivity contribution in [2.75, 3.05) is 0 Å². The zero-order chi connectivity index (χ0) is 29.7. The third-order valence-corrected chi connectivity index (χ3v) is 11.0. The Hall–Kier alpha value is -5.74. The highest BCUT2D eigenvalue weighted by molar-refractivity contribution is 6.90. The summed E-state index contributed by atoms with van der Waals surface area (Å²) in [6, 6.07) is 42.9. The summed E-state index contributed by atoms with van der Waals surface area (Å²) in [5, 5.41) is 5.19. The third-order valence-electron chi connectivity index (χ3n) is 11.0. The number of aromatic nitrogens is 2. The molecule has 1 aliphatic carbocycles. The zero-order valence-electron chi connectivity index (χ0n) is 24.8. The first-order valence-electron chi connectivity index (χ1n) is 16.2. The van der Waals surface area contributed by atoms with Crippen LogP contribution >= 0.6 is 0 Å². The van der Waals surface area contributed by atoms with Crippen molar-refractivity contribution < 1.29 is 4.74 Å². The molecule has 2 unspecified atom stereocenters. The van der Waals surface area contributed by atoms with E-state index in [0.29, 0.717) is 0 Å². The molecular weight excluding hydrogens is 559 g/mol. The molecule has 0 saturated heterocycles. The number of ether oxygens (including phenoxy) is 1. The molecule has 12 rings (SSSR count). The van der Waals surface area contributed by atoms with Crippen molar-refractivity contribution in [3.63, 3.8) is 0 Å². The maximum Gasteiger partial charge on any atom is 0.333 e. The van der Waals surface area contributed by atoms with Gasteiger partial charge in [0.25, 0.3) is 0 Å². The van der Waals surface area contributed by atoms with E-state index in [0.717, 1.165) is 5.75 Å². The second-order valence-corrected chi connectivity index (χ2v) is 13.2. The molecule has 4 heteroatoms. The molecule has 3 nitrogen and oxygen atoms in total. The molecule has 212 valence electrons. The van der Waals surface area contributed by atoms with Gasteiger partial charge in [0, 0.05) is 49.6 Å². The Bertz CT molecular complexity index is 2750. The molecule has 3 aliphatic heterocycles. The van der Waals surface area contributed by atoms with E-state index in [2.05, 4.69) is 149 Å². The minimum Gasteiger partial charge on any atom is -0.483 e. The molecule has 5 heterocycles. The number of nitrogens with zero attached hydrogens (tertiary/aromatic N) is 2. The second kappa shape index (κ2) is 8.10. The highest BCUT2D eigenvalue weighted by Crippen LogP contribution is 2.51. The van der Waals surface area contributed by atoms with E-state index in [1.807, 2.05) is 0 Å². The molecule has 0 amide bonds. The number of para-hydroxylation sites is 3. The molecule has 0 fully saturated rings. The largest absolute Gasteiger partial charge is 0.483 e. The minimum absolute atomic E-state index is 0.00765. The van der Waals surface area contributed by atoms with Crippen molar-refractivity contribution in [2.45, 2.75) is 12.0 Å². The van der Waals surface area contributed by atoms with Crippen molar-refractivity contribution in [2.24, 2.45) is 0 Å². The summed E-state index contributed by atoms with van der Waals surface area (Å²) in [7, 11) is 0. The molecule has 0 saturated carbocycles. The lowest BCUT2D eigenvalue weighted by molar-refractivity contribution is 0.268. The van der Waals surface area contributed by atoms with E-state index in [9.17, 15) is 0 Å². The summed E-state index contributed by atoms with van der Waals surface area (Å²) in [5.41, 5.74) is 15.4. The molecule has 2 aromatic heterocycles. The van der Waals surface area contributed by atoms with Gasteiger partial charge in [0.2, 0.25) is 0 Å². The Morgan fingerprint density at radius 2 is 1.39 bits per heavy atom. The summed E-state index contributed by atoms with van der Waals surface area (Å²) in [6.45, 7) is 0.0269. The van der Waals surface area contributed by atoms with Crippen LogP contribution in [0.15, 0.2) is 140 Å². The van der Waals surface area contributed by atoms with Gasteiger partial charge in [0.15, 0.2) is 0 Å². The number of rotatable bonds is 1. The first-order valence-corrected chi connectivity index (χ1v) is 16.2. The fraction of sp³-hybridized carbons (Fsp3) is 0.0476. The Balaban J connectivity index is 1.29. The lowest BCUT2D eigenvalue weighted by atomic mass is 9.45. The Morgan fingerprint density at radius 3 is 2.33 bits per heavy atom. The zero-order valence-corrected chi connectivity index (χ0v) is 24.8. The quantitative estimate of drug-likeness (QED) is 0.177. The molecule has 4 aliphatic rings. The van der Waals surface area contributed by atoms with Crippen LogP contribution in [-0.4, -0.2) is 22.0 Å². The van der Waals surface area contributed by atoms with E-state index in [1.54, 1.807) is 0 Å². The van der Waals surface area contributed by atoms with Crippen LogP contribution in [0.5, 0.6) is 5.75 Å². The van der Waals surface area contributed by atoms with Gasteiger partial charge in [-0.3, -0.25) is 0 Å². The number of allylic oxidation sites excluding steroid dienone is 2. The highest BCUT2D eigenvalue weighted by atomic mass is 16.5. The molecule has 8 aromatic rings. The van der Waals surface area contributed by atoms with Gasteiger partial charge in [0.05, 0.1) is 16.7 Å². The average molecular weight is 584 g/mol. The van der Waals surface area contributed by atoms with Gasteiger partial charge in [-0.05, 0) is 58.0 Å². The van der Waals surface area contributed by atoms with E-state index < -0.39 is 0 Å². The summed E-state index contributed by atoms with van der Waals surface area (Å²) >= 11 is 0. The summed E-state index contributed by atoms with van der Waals surface area (Å²) < 4.78 is 12.2. The van der Waals surface area contributed by atoms with Crippen molar-refractivity contribution in [3.8, 4) is 33.7 Å². The normalized spacial score (nSPS) is 18.0. The maximum absolute atomic E-state index is 7.00. The van der Waals surface area contributed by atoms with Crippen LogP contribution in [0.3, 0.4) is 0 Å². The first-order chi connectivity index (χ1) is 22.8. The highest BCUT2D eigenvalue weighted by Gasteiger charge is 2.46. The van der Waals surface area contributed by atoms with Gasteiger partial charge < -0.3 is 13.8 Å². The molecule has 0 N–H and O–H groups in total. The smallest absolute Gasteiger partial charge is 0.333 e. The van der Waals surface area contributed by atoms with Crippen LogP contribution in [0.1, 0.15) is 11.5 Å². The van der Waals surface area contributed by atoms with Crippen LogP contribution in [0, 0.1) is 0 Å². The summed E-state index contributed by atoms with van der Waals surface area (Å²) in [5.74, 6) is 1.23. The standard InChI is InChI=1S/C42H25BN2O/c1-2-10-24(11-3-1)25-20-21-35-31(22-25)29-16-9-17-34-40(29)44(35)41-38-32(23-33-27-13-5-7-19-37(27)46-42(33)41)30-15-8-14-28-26-12-4-6-18-36(26)45(39(28)30)43(34)38/h1-23,27,37H. The van der Waals surface area contributed by atoms with Crippen molar-refractivity contribution in [1.82, 2.24) is 9.05 Å². The fourth-order valence-corrected chi connectivity index (χ4v) is 9.21. The van der Waals surface area contributed by atoms with Crippen LogP contribution < -0.4 is 15.7 Å². The predicted octanol–water partition coefficient (Wildman–Crippen LogP) is 8.48. The molecule has 6 aromatic carbocycles. The van der Waals surface area contributed by atoms with Crippen molar-refractivity contribution in [1.29, 1.82) is 0 Å². The molecular formula is C42H25BN2O. The summed E-state index contributed by atoms with van der Waals surface area (Å²) in [4.78, 5) is 0. The van der Waals surface area contributed by atoms with Gasteiger partial charge in [-0.1, -0.05) is 109 Å². The fourth-order valence-electron chi connectivity index (χ4n) is 9.21. The number of hydrogen-bond acceptors (Lipinski definition) is 1. The van der Waals surface area contributed by atoms with Gasteiger partial charge >= 0.3 is 6.85 Å². The van der Waals surface area contributed by atoms with Crippen molar-refractivity contribution >= 4 is 61.4 Å². The van der Waals surface area contributed by atoms with Crippen LogP contribution in [0.4, 0.5) is 0 Å². The van der Waals surface area contributed by atoms with Gasteiger partial charge in [-0.25, -0.2) is 0 Å². The van der Waals surface area contributed by atoms with E-state index in [4.69, 9.17) is 4.74 Å².